The fourth-order valence-corrected chi connectivity index (χ4v) is 3.28. The van der Waals surface area contributed by atoms with Gasteiger partial charge in [-0.1, -0.05) is 38.1 Å². The third kappa shape index (κ3) is 6.10. The summed E-state index contributed by atoms with van der Waals surface area (Å²) in [5, 5.41) is 2.98. The molecule has 0 radical (unpaired) electrons. The Morgan fingerprint density at radius 2 is 1.54 bits per heavy atom. The van der Waals surface area contributed by atoms with Crippen LogP contribution < -0.4 is 10.1 Å². The summed E-state index contributed by atoms with van der Waals surface area (Å²) in [5.41, 5.74) is 2.56. The van der Waals surface area contributed by atoms with Crippen molar-refractivity contribution in [1.82, 2.24) is 4.90 Å². The average molecular weight is 383 g/mol. The molecule has 0 fully saturated rings. The Labute approximate surface area is 169 Å². The number of anilines is 1. The number of amides is 1. The lowest BCUT2D eigenvalue weighted by Gasteiger charge is -2.30. The van der Waals surface area contributed by atoms with Gasteiger partial charge in [-0.25, -0.2) is 0 Å². The standard InChI is InChI=1S/C24H34N2O2/c1-17(2)20-11-13-21(14-12-20)24(27)25-22-9-7-8-10-23(22)28-16-15-26(18(3)4)19(5)6/h7-14,17-19H,15-16H2,1-6H3,(H,25,27). The zero-order valence-corrected chi connectivity index (χ0v) is 18.0. The summed E-state index contributed by atoms with van der Waals surface area (Å²) >= 11 is 0. The molecule has 152 valence electrons. The quantitative estimate of drug-likeness (QED) is 0.617. The molecule has 1 amide bonds. The molecule has 0 aliphatic heterocycles. The molecule has 4 nitrogen and oxygen atoms in total. The first kappa shape index (κ1) is 22.0. The van der Waals surface area contributed by atoms with Crippen LogP contribution in [0.3, 0.4) is 0 Å². The SMILES string of the molecule is CC(C)c1ccc(C(=O)Nc2ccccc2OCCN(C(C)C)C(C)C)cc1. The highest BCUT2D eigenvalue weighted by molar-refractivity contribution is 6.05. The van der Waals surface area contributed by atoms with E-state index < -0.39 is 0 Å². The van der Waals surface area contributed by atoms with Crippen LogP contribution in [-0.4, -0.2) is 36.0 Å². The van der Waals surface area contributed by atoms with Crippen molar-refractivity contribution in [2.75, 3.05) is 18.5 Å². The summed E-state index contributed by atoms with van der Waals surface area (Å²) in [6, 6.07) is 16.3. The summed E-state index contributed by atoms with van der Waals surface area (Å²) in [7, 11) is 0. The molecule has 0 saturated carbocycles. The zero-order chi connectivity index (χ0) is 20.7. The Kier molecular flexibility index (Phi) is 8.06. The third-order valence-electron chi connectivity index (χ3n) is 4.91. The fourth-order valence-electron chi connectivity index (χ4n) is 3.28. The van der Waals surface area contributed by atoms with Crippen LogP contribution in [0.25, 0.3) is 0 Å². The molecule has 28 heavy (non-hydrogen) atoms. The molecule has 1 N–H and O–H groups in total. The van der Waals surface area contributed by atoms with Crippen LogP contribution in [0.1, 0.15) is 63.4 Å². The van der Waals surface area contributed by atoms with Gasteiger partial charge in [0.15, 0.2) is 0 Å². The topological polar surface area (TPSA) is 41.6 Å². The second-order valence-corrected chi connectivity index (χ2v) is 8.00. The van der Waals surface area contributed by atoms with Crippen LogP contribution >= 0.6 is 0 Å². The van der Waals surface area contributed by atoms with Crippen LogP contribution in [0.2, 0.25) is 0 Å². The molecular formula is C24H34N2O2. The van der Waals surface area contributed by atoms with Crippen molar-refractivity contribution in [3.05, 3.63) is 59.7 Å². The number of benzene rings is 2. The van der Waals surface area contributed by atoms with E-state index in [1.165, 1.54) is 5.56 Å². The Morgan fingerprint density at radius 3 is 2.11 bits per heavy atom. The van der Waals surface area contributed by atoms with Crippen molar-refractivity contribution < 1.29 is 9.53 Å². The number of nitrogens with zero attached hydrogens (tertiary/aromatic N) is 1. The second-order valence-electron chi connectivity index (χ2n) is 8.00. The highest BCUT2D eigenvalue weighted by Crippen LogP contribution is 2.25. The smallest absolute Gasteiger partial charge is 0.255 e. The first-order chi connectivity index (χ1) is 13.3. The van der Waals surface area contributed by atoms with E-state index in [1.807, 2.05) is 48.5 Å². The maximum absolute atomic E-state index is 12.6. The normalized spacial score (nSPS) is 11.5. The lowest BCUT2D eigenvalue weighted by atomic mass is 10.0. The highest BCUT2D eigenvalue weighted by atomic mass is 16.5. The number of nitrogens with one attached hydrogen (secondary N) is 1. The van der Waals surface area contributed by atoms with E-state index in [0.29, 0.717) is 41.6 Å². The maximum Gasteiger partial charge on any atom is 0.255 e. The summed E-state index contributed by atoms with van der Waals surface area (Å²) < 4.78 is 6.00. The summed E-state index contributed by atoms with van der Waals surface area (Å²) in [6.07, 6.45) is 0. The van der Waals surface area contributed by atoms with Gasteiger partial charge >= 0.3 is 0 Å². The Bertz CT molecular complexity index is 743. The van der Waals surface area contributed by atoms with Gasteiger partial charge in [-0.05, 0) is 63.4 Å². The fraction of sp³-hybridized carbons (Fsp3) is 0.458. The number of hydrogen-bond acceptors (Lipinski definition) is 3. The number of carbonyl (C=O) groups excluding carboxylic acids is 1. The molecule has 0 aliphatic carbocycles. The van der Waals surface area contributed by atoms with Crippen molar-refractivity contribution >= 4 is 11.6 Å². The van der Waals surface area contributed by atoms with E-state index in [2.05, 4.69) is 51.8 Å². The van der Waals surface area contributed by atoms with Crippen molar-refractivity contribution in [2.24, 2.45) is 0 Å². The van der Waals surface area contributed by atoms with Crippen LogP contribution in [0.4, 0.5) is 5.69 Å². The van der Waals surface area contributed by atoms with Crippen LogP contribution in [0.15, 0.2) is 48.5 Å². The minimum atomic E-state index is -0.127. The van der Waals surface area contributed by atoms with Crippen molar-refractivity contribution in [2.45, 2.75) is 59.5 Å². The number of carbonyl (C=O) groups is 1. The predicted octanol–water partition coefficient (Wildman–Crippen LogP) is 5.56. The van der Waals surface area contributed by atoms with Gasteiger partial charge in [-0.2, -0.15) is 0 Å². The lowest BCUT2D eigenvalue weighted by molar-refractivity contribution is 0.102. The lowest BCUT2D eigenvalue weighted by Crippen LogP contribution is -2.39. The van der Waals surface area contributed by atoms with Gasteiger partial charge in [0.2, 0.25) is 0 Å². The van der Waals surface area contributed by atoms with Crippen molar-refractivity contribution in [3.63, 3.8) is 0 Å². The van der Waals surface area contributed by atoms with Gasteiger partial charge in [-0.3, -0.25) is 9.69 Å². The molecule has 4 heteroatoms. The van der Waals surface area contributed by atoms with Crippen molar-refractivity contribution in [3.8, 4) is 5.75 Å². The van der Waals surface area contributed by atoms with Gasteiger partial charge < -0.3 is 10.1 Å². The largest absolute Gasteiger partial charge is 0.490 e. The molecule has 0 aliphatic rings. The predicted molar refractivity (Wildman–Crippen MR) is 117 cm³/mol. The number of ether oxygens (including phenoxy) is 1. The molecule has 0 saturated heterocycles. The van der Waals surface area contributed by atoms with E-state index in [4.69, 9.17) is 4.74 Å². The second kappa shape index (κ2) is 10.3. The monoisotopic (exact) mass is 382 g/mol. The van der Waals surface area contributed by atoms with Gasteiger partial charge in [0.1, 0.15) is 12.4 Å². The van der Waals surface area contributed by atoms with Gasteiger partial charge in [0, 0.05) is 24.2 Å². The van der Waals surface area contributed by atoms with Gasteiger partial charge in [-0.15, -0.1) is 0 Å². The summed E-state index contributed by atoms with van der Waals surface area (Å²) in [5.74, 6) is 1.02. The molecule has 0 atom stereocenters. The molecule has 2 aromatic rings. The molecule has 2 rings (SSSR count). The molecule has 0 bridgehead atoms. The first-order valence-electron chi connectivity index (χ1n) is 10.2. The molecule has 0 aromatic heterocycles. The molecule has 0 heterocycles. The van der Waals surface area contributed by atoms with Gasteiger partial charge in [0.25, 0.3) is 5.91 Å². The van der Waals surface area contributed by atoms with Crippen LogP contribution in [0.5, 0.6) is 5.75 Å². The Balaban J connectivity index is 2.02. The van der Waals surface area contributed by atoms with E-state index in [1.54, 1.807) is 0 Å². The Hall–Kier alpha value is -2.33. The zero-order valence-electron chi connectivity index (χ0n) is 18.0. The highest BCUT2D eigenvalue weighted by Gasteiger charge is 2.14. The van der Waals surface area contributed by atoms with Crippen molar-refractivity contribution in [1.29, 1.82) is 0 Å². The minimum Gasteiger partial charge on any atom is -0.490 e. The van der Waals surface area contributed by atoms with E-state index in [0.717, 1.165) is 6.54 Å². The number of hydrogen-bond donors (Lipinski definition) is 1. The van der Waals surface area contributed by atoms with E-state index in [9.17, 15) is 4.79 Å². The van der Waals surface area contributed by atoms with Crippen LogP contribution in [0, 0.1) is 0 Å². The van der Waals surface area contributed by atoms with Gasteiger partial charge in [0.05, 0.1) is 5.69 Å². The first-order valence-corrected chi connectivity index (χ1v) is 10.2. The molecule has 0 unspecified atom stereocenters. The molecule has 2 aromatic carbocycles. The Morgan fingerprint density at radius 1 is 0.929 bits per heavy atom. The van der Waals surface area contributed by atoms with E-state index >= 15 is 0 Å². The third-order valence-corrected chi connectivity index (χ3v) is 4.91. The number of rotatable bonds is 9. The molecule has 0 spiro atoms. The molecular weight excluding hydrogens is 348 g/mol. The minimum absolute atomic E-state index is 0.127. The van der Waals surface area contributed by atoms with E-state index in [-0.39, 0.29) is 5.91 Å². The van der Waals surface area contributed by atoms with Crippen LogP contribution in [-0.2, 0) is 0 Å². The number of para-hydroxylation sites is 2. The summed E-state index contributed by atoms with van der Waals surface area (Å²) in [6.45, 7) is 14.5. The summed E-state index contributed by atoms with van der Waals surface area (Å²) in [4.78, 5) is 15.0. The maximum atomic E-state index is 12.6. The average Bonchev–Trinajstić information content (AvgIpc) is 2.65.